The quantitative estimate of drug-likeness (QED) is 0.530. The Hall–Kier alpha value is -1.36. The van der Waals surface area contributed by atoms with E-state index in [0.717, 1.165) is 4.88 Å². The second-order valence-corrected chi connectivity index (χ2v) is 8.84. The molecule has 2 aliphatic heterocycles. The van der Waals surface area contributed by atoms with E-state index in [4.69, 9.17) is 26.2 Å². The Morgan fingerprint density at radius 1 is 1.28 bits per heavy atom. The Labute approximate surface area is 176 Å². The summed E-state index contributed by atoms with van der Waals surface area (Å²) < 4.78 is 11.6. The Kier molecular flexibility index (Phi) is 5.56. The second-order valence-electron chi connectivity index (χ2n) is 7.26. The Bertz CT molecular complexity index is 945. The highest BCUT2D eigenvalue weighted by atomic mass is 35.5. The molecule has 9 heteroatoms. The van der Waals surface area contributed by atoms with Crippen LogP contribution in [0.2, 0.25) is 5.02 Å². The fraction of sp³-hybridized carbons (Fsp3) is 0.450. The highest BCUT2D eigenvalue weighted by Gasteiger charge is 2.57. The molecular formula is C20H21ClO7S. The topological polar surface area (TPSA) is 116 Å². The van der Waals surface area contributed by atoms with Crippen LogP contribution in [0.5, 0.6) is 0 Å². The predicted molar refractivity (Wildman–Crippen MR) is 105 cm³/mol. The van der Waals surface area contributed by atoms with E-state index in [-0.39, 0.29) is 29.6 Å². The van der Waals surface area contributed by atoms with Gasteiger partial charge in [0.15, 0.2) is 0 Å². The van der Waals surface area contributed by atoms with Gasteiger partial charge in [0.05, 0.1) is 22.6 Å². The molecule has 1 saturated heterocycles. The minimum absolute atomic E-state index is 0.00477. The summed E-state index contributed by atoms with van der Waals surface area (Å²) >= 11 is 7.64. The molecule has 0 aliphatic carbocycles. The molecule has 1 aromatic heterocycles. The van der Waals surface area contributed by atoms with Crippen LogP contribution in [-0.2, 0) is 28.3 Å². The van der Waals surface area contributed by atoms with Gasteiger partial charge in [-0.15, -0.1) is 11.3 Å². The van der Waals surface area contributed by atoms with Crippen LogP contribution in [0.25, 0.3) is 0 Å². The Morgan fingerprint density at radius 3 is 2.76 bits per heavy atom. The fourth-order valence-corrected chi connectivity index (χ4v) is 5.04. The van der Waals surface area contributed by atoms with Crippen LogP contribution in [0.1, 0.15) is 38.2 Å². The number of hydrogen-bond donors (Lipinski definition) is 4. The van der Waals surface area contributed by atoms with Crippen molar-refractivity contribution in [2.75, 3.05) is 6.61 Å². The molecule has 1 fully saturated rings. The van der Waals surface area contributed by atoms with Crippen LogP contribution < -0.4 is 0 Å². The SMILES string of the molecule is C[C@H]1O[C@]2(OCc3cc(Cl)c(C(=O)c4ccc(CCO)s4)cc32)[C@H](O)[C@@H](O)[C@@H]1O. The predicted octanol–water partition coefficient (Wildman–Crippen LogP) is 1.35. The average Bonchev–Trinajstić information content (AvgIpc) is 3.30. The summed E-state index contributed by atoms with van der Waals surface area (Å²) in [4.78, 5) is 14.4. The van der Waals surface area contributed by atoms with E-state index in [1.165, 1.54) is 17.4 Å². The molecule has 2 aromatic rings. The normalized spacial score (nSPS) is 31.2. The highest BCUT2D eigenvalue weighted by molar-refractivity contribution is 7.14. The summed E-state index contributed by atoms with van der Waals surface area (Å²) in [6.45, 7) is 1.64. The van der Waals surface area contributed by atoms with Gasteiger partial charge >= 0.3 is 0 Å². The first kappa shape index (κ1) is 20.9. The molecule has 7 nitrogen and oxygen atoms in total. The summed E-state index contributed by atoms with van der Waals surface area (Å²) in [5.74, 6) is -1.99. The molecule has 0 amide bonds. The van der Waals surface area contributed by atoms with E-state index in [1.807, 2.05) is 0 Å². The number of ether oxygens (including phenoxy) is 2. The number of rotatable bonds is 4. The largest absolute Gasteiger partial charge is 0.396 e. The highest BCUT2D eigenvalue weighted by Crippen LogP contribution is 2.47. The monoisotopic (exact) mass is 440 g/mol. The molecule has 1 aromatic carbocycles. The smallest absolute Gasteiger partial charge is 0.225 e. The van der Waals surface area contributed by atoms with Gasteiger partial charge in [-0.3, -0.25) is 4.79 Å². The van der Waals surface area contributed by atoms with Gasteiger partial charge in [-0.2, -0.15) is 0 Å². The number of ketones is 1. The molecule has 3 heterocycles. The zero-order valence-electron chi connectivity index (χ0n) is 15.5. The lowest BCUT2D eigenvalue weighted by Crippen LogP contribution is -2.62. The van der Waals surface area contributed by atoms with Gasteiger partial charge < -0.3 is 29.9 Å². The van der Waals surface area contributed by atoms with Gasteiger partial charge in [-0.25, -0.2) is 0 Å². The van der Waals surface area contributed by atoms with E-state index in [0.29, 0.717) is 22.4 Å². The van der Waals surface area contributed by atoms with Crippen molar-refractivity contribution in [1.82, 2.24) is 0 Å². The third kappa shape index (κ3) is 3.34. The lowest BCUT2D eigenvalue weighted by molar-refractivity contribution is -0.362. The number of aliphatic hydroxyl groups is 4. The number of benzene rings is 1. The molecule has 0 unspecified atom stereocenters. The van der Waals surface area contributed by atoms with Gasteiger partial charge in [0.2, 0.25) is 11.6 Å². The molecule has 4 N–H and O–H groups in total. The van der Waals surface area contributed by atoms with E-state index in [2.05, 4.69) is 0 Å². The third-order valence-electron chi connectivity index (χ3n) is 5.40. The van der Waals surface area contributed by atoms with Crippen molar-refractivity contribution >= 4 is 28.7 Å². The van der Waals surface area contributed by atoms with Crippen molar-refractivity contribution in [2.45, 2.75) is 50.2 Å². The molecule has 0 bridgehead atoms. The van der Waals surface area contributed by atoms with Crippen LogP contribution in [0.15, 0.2) is 24.3 Å². The number of fused-ring (bicyclic) bond motifs is 2. The minimum Gasteiger partial charge on any atom is -0.396 e. The van der Waals surface area contributed by atoms with Gasteiger partial charge in [0.1, 0.15) is 18.3 Å². The van der Waals surface area contributed by atoms with Crippen molar-refractivity contribution in [2.24, 2.45) is 0 Å². The van der Waals surface area contributed by atoms with Crippen LogP contribution >= 0.6 is 22.9 Å². The maximum atomic E-state index is 13.0. The third-order valence-corrected chi connectivity index (χ3v) is 6.86. The first-order valence-corrected chi connectivity index (χ1v) is 10.4. The first-order valence-electron chi connectivity index (χ1n) is 9.21. The van der Waals surface area contributed by atoms with Crippen LogP contribution in [0.4, 0.5) is 0 Å². The number of thiophene rings is 1. The lowest BCUT2D eigenvalue weighted by Gasteiger charge is -2.45. The number of carbonyl (C=O) groups is 1. The molecule has 2 aliphatic rings. The van der Waals surface area contributed by atoms with Gasteiger partial charge in [0.25, 0.3) is 0 Å². The van der Waals surface area contributed by atoms with Crippen molar-refractivity contribution in [3.05, 3.63) is 55.7 Å². The molecule has 5 atom stereocenters. The van der Waals surface area contributed by atoms with Crippen molar-refractivity contribution in [3.63, 3.8) is 0 Å². The second kappa shape index (κ2) is 7.72. The number of hydrogen-bond acceptors (Lipinski definition) is 8. The van der Waals surface area contributed by atoms with Gasteiger partial charge in [-0.05, 0) is 36.8 Å². The number of aliphatic hydroxyl groups excluding tert-OH is 4. The van der Waals surface area contributed by atoms with Gasteiger partial charge in [0, 0.05) is 29.0 Å². The molecule has 0 radical (unpaired) electrons. The van der Waals surface area contributed by atoms with Crippen LogP contribution in [0, 0.1) is 0 Å². The Morgan fingerprint density at radius 2 is 2.03 bits per heavy atom. The van der Waals surface area contributed by atoms with Crippen molar-refractivity contribution in [1.29, 1.82) is 0 Å². The molecule has 0 saturated carbocycles. The number of halogens is 1. The zero-order chi connectivity index (χ0) is 20.9. The summed E-state index contributed by atoms with van der Waals surface area (Å²) in [6.07, 6.45) is -4.62. The van der Waals surface area contributed by atoms with E-state index < -0.39 is 30.2 Å². The first-order chi connectivity index (χ1) is 13.8. The molecule has 4 rings (SSSR count). The van der Waals surface area contributed by atoms with Crippen LogP contribution in [0.3, 0.4) is 0 Å². The summed E-state index contributed by atoms with van der Waals surface area (Å²) in [5, 5.41) is 40.2. The summed E-state index contributed by atoms with van der Waals surface area (Å²) in [5.41, 5.74) is 1.26. The van der Waals surface area contributed by atoms with Gasteiger partial charge in [-0.1, -0.05) is 11.6 Å². The van der Waals surface area contributed by atoms with E-state index in [1.54, 1.807) is 25.1 Å². The molecule has 29 heavy (non-hydrogen) atoms. The minimum atomic E-state index is -1.69. The van der Waals surface area contributed by atoms with E-state index in [9.17, 15) is 20.1 Å². The average molecular weight is 441 g/mol. The molecule has 156 valence electrons. The summed E-state index contributed by atoms with van der Waals surface area (Å²) in [7, 11) is 0. The maximum absolute atomic E-state index is 13.0. The number of carbonyl (C=O) groups excluding carboxylic acids is 1. The van der Waals surface area contributed by atoms with Crippen LogP contribution in [-0.4, -0.2) is 57.2 Å². The fourth-order valence-electron chi connectivity index (χ4n) is 3.82. The van der Waals surface area contributed by atoms with E-state index >= 15 is 0 Å². The lowest BCUT2D eigenvalue weighted by atomic mass is 9.87. The van der Waals surface area contributed by atoms with Crippen molar-refractivity contribution < 1.29 is 34.7 Å². The zero-order valence-corrected chi connectivity index (χ0v) is 17.1. The summed E-state index contributed by atoms with van der Waals surface area (Å²) in [6, 6.07) is 6.59. The maximum Gasteiger partial charge on any atom is 0.225 e. The Balaban J connectivity index is 1.75. The standard InChI is InChI=1S/C20H21ClO7S/c1-9-16(23)18(25)19(26)20(28-9)13-7-12(14(21)6-10(13)8-27-20)17(24)15-3-2-11(29-15)4-5-22/h2-3,6-7,9,16,18-19,22-23,25-26H,4-5,8H2,1H3/t9-,16-,18+,19-,20+/m1/s1. The molecule has 1 spiro atoms. The van der Waals surface area contributed by atoms with Crippen molar-refractivity contribution in [3.8, 4) is 0 Å². The molecular weight excluding hydrogens is 420 g/mol.